The van der Waals surface area contributed by atoms with E-state index < -0.39 is 34.8 Å². The Labute approximate surface area is 92.7 Å². The van der Waals surface area contributed by atoms with E-state index in [9.17, 15) is 26.3 Å². The average Bonchev–Trinajstić information content (AvgIpc) is 2.14. The number of alkyl halides is 6. The molecule has 0 saturated carbocycles. The van der Waals surface area contributed by atoms with Gasteiger partial charge in [0.1, 0.15) is 5.75 Å². The van der Waals surface area contributed by atoms with Crippen molar-refractivity contribution >= 4 is 0 Å². The lowest BCUT2D eigenvalue weighted by molar-refractivity contribution is -0.142. The summed E-state index contributed by atoms with van der Waals surface area (Å²) in [6, 6.07) is 0.444. The van der Waals surface area contributed by atoms with Crippen molar-refractivity contribution in [2.45, 2.75) is 25.7 Å². The second-order valence-electron chi connectivity index (χ2n) is 3.38. The van der Waals surface area contributed by atoms with Gasteiger partial charge in [0.2, 0.25) is 0 Å². The maximum absolute atomic E-state index is 12.5. The first kappa shape index (κ1) is 13.7. The van der Waals surface area contributed by atoms with E-state index in [1.807, 2.05) is 0 Å². The van der Waals surface area contributed by atoms with E-state index in [2.05, 4.69) is 0 Å². The number of halogens is 6. The summed E-state index contributed by atoms with van der Waals surface area (Å²) in [6.07, 6.45) is -9.87. The molecular weight excluding hydrogens is 250 g/mol. The summed E-state index contributed by atoms with van der Waals surface area (Å²) < 4.78 is 74.4. The van der Waals surface area contributed by atoms with Crippen molar-refractivity contribution < 1.29 is 31.4 Å². The summed E-state index contributed by atoms with van der Waals surface area (Å²) in [5, 5.41) is 8.99. The molecular formula is C10H8F6O. The molecule has 17 heavy (non-hydrogen) atoms. The van der Waals surface area contributed by atoms with Crippen molar-refractivity contribution in [1.29, 1.82) is 0 Å². The van der Waals surface area contributed by atoms with Crippen LogP contribution < -0.4 is 0 Å². The Kier molecular flexibility index (Phi) is 3.31. The summed E-state index contributed by atoms with van der Waals surface area (Å²) in [6.45, 7) is 1.31. The molecule has 1 aromatic carbocycles. The lowest BCUT2D eigenvalue weighted by atomic mass is 10.00. The third-order valence-corrected chi connectivity index (χ3v) is 2.21. The zero-order chi connectivity index (χ0) is 13.4. The highest BCUT2D eigenvalue weighted by Gasteiger charge is 2.39. The highest BCUT2D eigenvalue weighted by molar-refractivity contribution is 5.44. The molecule has 0 saturated heterocycles. The zero-order valence-corrected chi connectivity index (χ0v) is 8.58. The minimum absolute atomic E-state index is 0.113. The summed E-state index contributed by atoms with van der Waals surface area (Å²) in [5.41, 5.74) is -3.20. The Bertz CT molecular complexity index is 418. The highest BCUT2D eigenvalue weighted by Crippen LogP contribution is 2.41. The summed E-state index contributed by atoms with van der Waals surface area (Å²) >= 11 is 0. The normalized spacial score (nSPS) is 12.9. The fourth-order valence-corrected chi connectivity index (χ4v) is 1.42. The molecule has 0 heterocycles. The number of hydrogen-bond acceptors (Lipinski definition) is 1. The van der Waals surface area contributed by atoms with Gasteiger partial charge in [-0.2, -0.15) is 26.3 Å². The third-order valence-electron chi connectivity index (χ3n) is 2.21. The van der Waals surface area contributed by atoms with Gasteiger partial charge < -0.3 is 5.11 Å². The number of aryl methyl sites for hydroxylation is 1. The first-order chi connectivity index (χ1) is 7.57. The Morgan fingerprint density at radius 3 is 1.76 bits per heavy atom. The molecule has 0 bridgehead atoms. The quantitative estimate of drug-likeness (QED) is 0.755. The van der Waals surface area contributed by atoms with Gasteiger partial charge in [-0.3, -0.25) is 0 Å². The third kappa shape index (κ3) is 2.83. The number of rotatable bonds is 1. The molecule has 0 atom stereocenters. The molecule has 0 unspecified atom stereocenters. The van der Waals surface area contributed by atoms with E-state index in [4.69, 9.17) is 5.11 Å². The molecule has 0 aliphatic carbocycles. The first-order valence-electron chi connectivity index (χ1n) is 4.57. The van der Waals surface area contributed by atoms with Gasteiger partial charge in [0.15, 0.2) is 0 Å². The smallest absolute Gasteiger partial charge is 0.419 e. The van der Waals surface area contributed by atoms with Gasteiger partial charge in [-0.05, 0) is 24.1 Å². The molecule has 0 fully saturated rings. The Morgan fingerprint density at radius 2 is 1.41 bits per heavy atom. The Balaban J connectivity index is 3.46. The average molecular weight is 258 g/mol. The van der Waals surface area contributed by atoms with Gasteiger partial charge in [0.05, 0.1) is 11.1 Å². The van der Waals surface area contributed by atoms with Gasteiger partial charge in [-0.15, -0.1) is 0 Å². The molecule has 0 aliphatic rings. The predicted octanol–water partition coefficient (Wildman–Crippen LogP) is 3.99. The molecule has 1 rings (SSSR count). The Hall–Kier alpha value is -1.40. The molecule has 1 aromatic rings. The number of benzene rings is 1. The molecule has 7 heteroatoms. The van der Waals surface area contributed by atoms with Crippen LogP contribution in [-0.4, -0.2) is 5.11 Å². The molecule has 0 spiro atoms. The SMILES string of the molecule is CCc1cc(C(F)(F)F)c(O)cc1C(F)(F)F. The summed E-state index contributed by atoms with van der Waals surface area (Å²) in [4.78, 5) is 0. The van der Waals surface area contributed by atoms with Gasteiger partial charge in [0.25, 0.3) is 0 Å². The molecule has 96 valence electrons. The predicted molar refractivity (Wildman–Crippen MR) is 47.5 cm³/mol. The van der Waals surface area contributed by atoms with Crippen molar-refractivity contribution in [3.63, 3.8) is 0 Å². The van der Waals surface area contributed by atoms with Gasteiger partial charge in [-0.1, -0.05) is 6.92 Å². The largest absolute Gasteiger partial charge is 0.507 e. The second-order valence-corrected chi connectivity index (χ2v) is 3.38. The number of hydrogen-bond donors (Lipinski definition) is 1. The number of aromatic hydroxyl groups is 1. The molecule has 1 nitrogen and oxygen atoms in total. The zero-order valence-electron chi connectivity index (χ0n) is 8.58. The second kappa shape index (κ2) is 4.12. The van der Waals surface area contributed by atoms with Crippen LogP contribution in [0.25, 0.3) is 0 Å². The van der Waals surface area contributed by atoms with Gasteiger partial charge >= 0.3 is 12.4 Å². The minimum Gasteiger partial charge on any atom is -0.507 e. The molecule has 0 amide bonds. The topological polar surface area (TPSA) is 20.2 Å². The molecule has 0 aliphatic heterocycles. The van der Waals surface area contributed by atoms with Crippen LogP contribution in [-0.2, 0) is 18.8 Å². The maximum Gasteiger partial charge on any atom is 0.419 e. The van der Waals surface area contributed by atoms with E-state index in [-0.39, 0.29) is 12.5 Å². The van der Waals surface area contributed by atoms with Crippen LogP contribution in [0.5, 0.6) is 5.75 Å². The lowest BCUT2D eigenvalue weighted by Crippen LogP contribution is -2.12. The standard InChI is InChI=1S/C10H8F6O/c1-2-5-3-7(10(14,15)16)8(17)4-6(5)9(11,12)13/h3-4,17H,2H2,1H3. The molecule has 1 N–H and O–H groups in total. The van der Waals surface area contributed by atoms with Crippen LogP contribution in [0.1, 0.15) is 23.6 Å². The monoisotopic (exact) mass is 258 g/mol. The summed E-state index contributed by atoms with van der Waals surface area (Å²) in [5.74, 6) is -1.41. The van der Waals surface area contributed by atoms with E-state index in [0.29, 0.717) is 6.07 Å². The minimum atomic E-state index is -4.88. The van der Waals surface area contributed by atoms with E-state index in [1.54, 1.807) is 0 Å². The van der Waals surface area contributed by atoms with Crippen LogP contribution in [0, 0.1) is 0 Å². The summed E-state index contributed by atoms with van der Waals surface area (Å²) in [7, 11) is 0. The lowest BCUT2D eigenvalue weighted by Gasteiger charge is -2.16. The maximum atomic E-state index is 12.5. The number of phenolic OH excluding ortho intramolecular Hbond substituents is 1. The van der Waals surface area contributed by atoms with Crippen molar-refractivity contribution in [1.82, 2.24) is 0 Å². The van der Waals surface area contributed by atoms with Crippen LogP contribution in [0.2, 0.25) is 0 Å². The van der Waals surface area contributed by atoms with Crippen molar-refractivity contribution in [3.05, 3.63) is 28.8 Å². The first-order valence-corrected chi connectivity index (χ1v) is 4.57. The molecule has 0 aromatic heterocycles. The van der Waals surface area contributed by atoms with Gasteiger partial charge in [-0.25, -0.2) is 0 Å². The fourth-order valence-electron chi connectivity index (χ4n) is 1.42. The molecule has 0 radical (unpaired) electrons. The van der Waals surface area contributed by atoms with E-state index in [1.165, 1.54) is 6.92 Å². The van der Waals surface area contributed by atoms with Crippen molar-refractivity contribution in [2.75, 3.05) is 0 Å². The van der Waals surface area contributed by atoms with Crippen LogP contribution in [0.4, 0.5) is 26.3 Å². The Morgan fingerprint density at radius 1 is 0.941 bits per heavy atom. The van der Waals surface area contributed by atoms with Crippen molar-refractivity contribution in [2.24, 2.45) is 0 Å². The number of phenols is 1. The van der Waals surface area contributed by atoms with Crippen LogP contribution >= 0.6 is 0 Å². The van der Waals surface area contributed by atoms with Crippen LogP contribution in [0.15, 0.2) is 12.1 Å². The highest BCUT2D eigenvalue weighted by atomic mass is 19.4. The van der Waals surface area contributed by atoms with Crippen molar-refractivity contribution in [3.8, 4) is 5.75 Å². The van der Waals surface area contributed by atoms with E-state index in [0.717, 1.165) is 0 Å². The van der Waals surface area contributed by atoms with Crippen LogP contribution in [0.3, 0.4) is 0 Å². The van der Waals surface area contributed by atoms with Gasteiger partial charge in [0, 0.05) is 0 Å². The fraction of sp³-hybridized carbons (Fsp3) is 0.400. The van der Waals surface area contributed by atoms with E-state index >= 15 is 0 Å².